The van der Waals surface area contributed by atoms with Gasteiger partial charge in [0.2, 0.25) is 0 Å². The first kappa shape index (κ1) is 25.6. The fourth-order valence-corrected chi connectivity index (χ4v) is 5.12. The van der Waals surface area contributed by atoms with E-state index >= 15 is 0 Å². The largest absolute Gasteiger partial charge is 0.489 e. The summed E-state index contributed by atoms with van der Waals surface area (Å²) in [5, 5.41) is 31.3. The van der Waals surface area contributed by atoms with Crippen molar-refractivity contribution in [2.45, 2.75) is 19.4 Å². The first-order valence-corrected chi connectivity index (χ1v) is 12.1. The lowest BCUT2D eigenvalue weighted by molar-refractivity contribution is 0.0997. The predicted octanol–water partition coefficient (Wildman–Crippen LogP) is 4.80. The van der Waals surface area contributed by atoms with Crippen LogP contribution >= 0.6 is 11.6 Å². The van der Waals surface area contributed by atoms with Crippen LogP contribution in [0.25, 0.3) is 0 Å². The van der Waals surface area contributed by atoms with Crippen LogP contribution in [0, 0.1) is 45.3 Å². The Morgan fingerprint density at radius 3 is 2.51 bits per heavy atom. The van der Waals surface area contributed by atoms with Crippen LogP contribution in [0.15, 0.2) is 71.5 Å². The van der Waals surface area contributed by atoms with Gasteiger partial charge >= 0.3 is 6.09 Å². The summed E-state index contributed by atoms with van der Waals surface area (Å²) < 4.78 is 11.4. The molecule has 9 heteroatoms. The number of fused-ring (bicyclic) bond motifs is 1. The minimum absolute atomic E-state index is 0.0930. The third-order valence-electron chi connectivity index (χ3n) is 6.75. The molecule has 1 amide bonds. The molecule has 0 saturated carbocycles. The first-order valence-electron chi connectivity index (χ1n) is 11.7. The van der Waals surface area contributed by atoms with Gasteiger partial charge in [-0.1, -0.05) is 48.0 Å². The number of para-hydroxylation sites is 1. The molecule has 2 aromatic rings. The van der Waals surface area contributed by atoms with Crippen molar-refractivity contribution in [3.05, 3.63) is 87.6 Å². The van der Waals surface area contributed by atoms with Crippen molar-refractivity contribution in [1.29, 1.82) is 15.8 Å². The Morgan fingerprint density at radius 1 is 1.16 bits per heavy atom. The number of allylic oxidation sites excluding steroid dienone is 2. The summed E-state index contributed by atoms with van der Waals surface area (Å²) in [4.78, 5) is 14.1. The minimum atomic E-state index is -1.86. The molecule has 0 fully saturated rings. The van der Waals surface area contributed by atoms with Crippen molar-refractivity contribution in [3.8, 4) is 24.0 Å². The highest BCUT2D eigenvalue weighted by atomic mass is 35.5. The topological polar surface area (TPSA) is 136 Å². The molecule has 0 spiro atoms. The average Bonchev–Trinajstić information content (AvgIpc) is 2.92. The number of halogens is 1. The Hall–Kier alpha value is -4.45. The zero-order valence-corrected chi connectivity index (χ0v) is 20.9. The number of hydrogen-bond acceptors (Lipinski definition) is 7. The maximum Gasteiger partial charge on any atom is 0.410 e. The number of carbonyl (C=O) groups excluding carboxylic acids is 1. The standard InChI is InChI=1S/C28H24ClN5O3/c1-2-36-27(35)34-12-11-20-22(13-30)26(33)28(16-31,17-32)25(23(20)14-34)21-5-3-4-6-24(21)37-15-18-7-9-19(29)10-8-18/h3-11,23,25H,2,12,14-15,33H2,1H3/t23-,25-/m0/s1. The second-order valence-electron chi connectivity index (χ2n) is 8.73. The Kier molecular flexibility index (Phi) is 7.39. The summed E-state index contributed by atoms with van der Waals surface area (Å²) in [6, 6.07) is 20.7. The van der Waals surface area contributed by atoms with Gasteiger partial charge in [0.1, 0.15) is 18.4 Å². The molecule has 2 aliphatic rings. The molecular formula is C28H24ClN5O3. The second-order valence-corrected chi connectivity index (χ2v) is 9.17. The summed E-state index contributed by atoms with van der Waals surface area (Å²) in [7, 11) is 0. The SMILES string of the molecule is CCOC(=O)N1CC=C2C(C#N)=C(N)C(C#N)(C#N)[C@@H](c3ccccc3OCc3ccc(Cl)cc3)[C@H]2C1. The molecule has 2 aromatic carbocycles. The number of nitrogens with zero attached hydrogens (tertiary/aromatic N) is 4. The molecule has 37 heavy (non-hydrogen) atoms. The lowest BCUT2D eigenvalue weighted by atomic mass is 9.58. The lowest BCUT2D eigenvalue weighted by Gasteiger charge is -2.45. The zero-order chi connectivity index (χ0) is 26.6. The van der Waals surface area contributed by atoms with E-state index in [1.54, 1.807) is 49.4 Å². The zero-order valence-electron chi connectivity index (χ0n) is 20.1. The molecule has 2 N–H and O–H groups in total. The van der Waals surface area contributed by atoms with Gasteiger partial charge in [0, 0.05) is 35.5 Å². The molecule has 0 aromatic heterocycles. The number of nitrogens with two attached hydrogens (primary N) is 1. The molecule has 186 valence electrons. The van der Waals surface area contributed by atoms with Crippen molar-refractivity contribution >= 4 is 17.7 Å². The number of benzene rings is 2. The van der Waals surface area contributed by atoms with Crippen LogP contribution in [0.1, 0.15) is 24.0 Å². The summed E-state index contributed by atoms with van der Waals surface area (Å²) >= 11 is 5.99. The van der Waals surface area contributed by atoms with E-state index in [4.69, 9.17) is 26.8 Å². The van der Waals surface area contributed by atoms with Crippen LogP contribution in [0.3, 0.4) is 0 Å². The summed E-state index contributed by atoms with van der Waals surface area (Å²) in [6.45, 7) is 2.51. The maximum atomic E-state index is 12.6. The van der Waals surface area contributed by atoms with E-state index in [1.165, 1.54) is 4.90 Å². The molecule has 0 saturated heterocycles. The molecular weight excluding hydrogens is 490 g/mol. The smallest absolute Gasteiger partial charge is 0.410 e. The van der Waals surface area contributed by atoms with Crippen molar-refractivity contribution < 1.29 is 14.3 Å². The van der Waals surface area contributed by atoms with Gasteiger partial charge in [-0.25, -0.2) is 4.79 Å². The number of nitriles is 3. The molecule has 1 aliphatic carbocycles. The van der Waals surface area contributed by atoms with Gasteiger partial charge in [-0.15, -0.1) is 0 Å². The van der Waals surface area contributed by atoms with Crippen LogP contribution in [-0.4, -0.2) is 30.7 Å². The van der Waals surface area contributed by atoms with Crippen LogP contribution in [0.4, 0.5) is 4.79 Å². The van der Waals surface area contributed by atoms with Gasteiger partial charge in [-0.05, 0) is 36.3 Å². The van der Waals surface area contributed by atoms with Gasteiger partial charge in [-0.2, -0.15) is 15.8 Å². The summed E-state index contributed by atoms with van der Waals surface area (Å²) in [6.07, 6.45) is 1.24. The van der Waals surface area contributed by atoms with Crippen molar-refractivity contribution in [3.63, 3.8) is 0 Å². The van der Waals surface area contributed by atoms with Crippen LogP contribution < -0.4 is 10.5 Å². The van der Waals surface area contributed by atoms with E-state index < -0.39 is 23.3 Å². The van der Waals surface area contributed by atoms with Gasteiger partial charge in [0.15, 0.2) is 5.41 Å². The quantitative estimate of drug-likeness (QED) is 0.606. The van der Waals surface area contributed by atoms with E-state index in [2.05, 4.69) is 18.2 Å². The van der Waals surface area contributed by atoms with E-state index in [0.717, 1.165) is 5.56 Å². The predicted molar refractivity (Wildman–Crippen MR) is 136 cm³/mol. The number of rotatable bonds is 5. The monoisotopic (exact) mass is 513 g/mol. The third-order valence-corrected chi connectivity index (χ3v) is 7.00. The number of amides is 1. The van der Waals surface area contributed by atoms with E-state index in [9.17, 15) is 20.6 Å². The third kappa shape index (κ3) is 4.58. The first-order chi connectivity index (χ1) is 17.9. The van der Waals surface area contributed by atoms with E-state index in [-0.39, 0.29) is 37.6 Å². The van der Waals surface area contributed by atoms with Gasteiger partial charge < -0.3 is 20.1 Å². The van der Waals surface area contributed by atoms with Gasteiger partial charge in [0.05, 0.1) is 30.0 Å². The molecule has 4 rings (SSSR count). The normalized spacial score (nSPS) is 20.0. The molecule has 0 radical (unpaired) electrons. The molecule has 0 bridgehead atoms. The molecule has 2 atom stereocenters. The molecule has 8 nitrogen and oxygen atoms in total. The second kappa shape index (κ2) is 10.7. The van der Waals surface area contributed by atoms with Crippen molar-refractivity contribution in [2.75, 3.05) is 19.7 Å². The van der Waals surface area contributed by atoms with Gasteiger partial charge in [0.25, 0.3) is 0 Å². The number of hydrogen-bond donors (Lipinski definition) is 1. The highest BCUT2D eigenvalue weighted by Crippen LogP contribution is 2.55. The van der Waals surface area contributed by atoms with Crippen LogP contribution in [-0.2, 0) is 11.3 Å². The fourth-order valence-electron chi connectivity index (χ4n) is 5.00. The minimum Gasteiger partial charge on any atom is -0.489 e. The number of ether oxygens (including phenoxy) is 2. The van der Waals surface area contributed by atoms with Crippen LogP contribution in [0.5, 0.6) is 5.75 Å². The Labute approximate surface area is 220 Å². The van der Waals surface area contributed by atoms with E-state index in [1.807, 2.05) is 12.1 Å². The molecule has 1 heterocycles. The molecule has 1 aliphatic heterocycles. The Balaban J connectivity index is 1.84. The highest BCUT2D eigenvalue weighted by Gasteiger charge is 2.55. The summed E-state index contributed by atoms with van der Waals surface area (Å²) in [5.41, 5.74) is 6.64. The van der Waals surface area contributed by atoms with Crippen molar-refractivity contribution in [1.82, 2.24) is 4.90 Å². The van der Waals surface area contributed by atoms with Crippen molar-refractivity contribution in [2.24, 2.45) is 17.1 Å². The van der Waals surface area contributed by atoms with E-state index in [0.29, 0.717) is 21.9 Å². The lowest BCUT2D eigenvalue weighted by Crippen LogP contribution is -2.49. The maximum absolute atomic E-state index is 12.6. The number of carbonyl (C=O) groups is 1. The van der Waals surface area contributed by atoms with Gasteiger partial charge in [-0.3, -0.25) is 0 Å². The molecule has 0 unspecified atom stereocenters. The highest BCUT2D eigenvalue weighted by molar-refractivity contribution is 6.30. The Morgan fingerprint density at radius 2 is 1.86 bits per heavy atom. The average molecular weight is 514 g/mol. The fraction of sp³-hybridized carbons (Fsp3) is 0.286. The Bertz CT molecular complexity index is 1380. The van der Waals surface area contributed by atoms with Crippen LogP contribution in [0.2, 0.25) is 5.02 Å². The summed E-state index contributed by atoms with van der Waals surface area (Å²) in [5.74, 6) is -0.915.